The van der Waals surface area contributed by atoms with Gasteiger partial charge >= 0.3 is 6.03 Å². The van der Waals surface area contributed by atoms with E-state index < -0.39 is 0 Å². The molecule has 1 N–H and O–H groups in total. The van der Waals surface area contributed by atoms with Crippen LogP contribution in [0.3, 0.4) is 0 Å². The quantitative estimate of drug-likeness (QED) is 0.891. The number of aromatic nitrogens is 1. The summed E-state index contributed by atoms with van der Waals surface area (Å²) in [5, 5.41) is 3.30. The zero-order chi connectivity index (χ0) is 16.9. The SMILES string of the molecule is O=C(Nc1ccc(Cl)cn1)N1CCC(C(=O)N2CCCCC2)CC1. The van der Waals surface area contributed by atoms with Gasteiger partial charge in [-0.1, -0.05) is 11.6 Å². The Balaban J connectivity index is 1.48. The molecule has 2 fully saturated rings. The first-order valence-electron chi connectivity index (χ1n) is 8.60. The molecule has 0 radical (unpaired) electrons. The average molecular weight is 351 g/mol. The van der Waals surface area contributed by atoms with Crippen molar-refractivity contribution < 1.29 is 9.59 Å². The summed E-state index contributed by atoms with van der Waals surface area (Å²) in [6, 6.07) is 3.19. The number of hydrogen-bond donors (Lipinski definition) is 1. The standard InChI is InChI=1S/C17H23ClN4O2/c18-14-4-5-15(19-12-14)20-17(24)22-10-6-13(7-11-22)16(23)21-8-2-1-3-9-21/h4-5,12-13H,1-3,6-11H2,(H,19,20,24). The van der Waals surface area contributed by atoms with Crippen molar-refractivity contribution in [2.45, 2.75) is 32.1 Å². The van der Waals surface area contributed by atoms with Crippen molar-refractivity contribution in [2.75, 3.05) is 31.5 Å². The highest BCUT2D eigenvalue weighted by Gasteiger charge is 2.30. The van der Waals surface area contributed by atoms with Crippen molar-refractivity contribution in [1.82, 2.24) is 14.8 Å². The van der Waals surface area contributed by atoms with Crippen LogP contribution in [0.1, 0.15) is 32.1 Å². The third-order valence-corrected chi connectivity index (χ3v) is 4.99. The molecule has 0 unspecified atom stereocenters. The molecule has 3 amide bonds. The van der Waals surface area contributed by atoms with Gasteiger partial charge in [-0.25, -0.2) is 9.78 Å². The number of nitrogens with one attached hydrogen (secondary N) is 1. The average Bonchev–Trinajstić information content (AvgIpc) is 2.64. The van der Waals surface area contributed by atoms with Gasteiger partial charge in [0.05, 0.1) is 5.02 Å². The van der Waals surface area contributed by atoms with E-state index in [0.717, 1.165) is 38.8 Å². The molecule has 2 aliphatic rings. The summed E-state index contributed by atoms with van der Waals surface area (Å²) in [5.41, 5.74) is 0. The van der Waals surface area contributed by atoms with E-state index in [1.54, 1.807) is 17.0 Å². The molecule has 0 aliphatic carbocycles. The number of pyridine rings is 1. The van der Waals surface area contributed by atoms with E-state index in [1.807, 2.05) is 4.90 Å². The van der Waals surface area contributed by atoms with E-state index in [1.165, 1.54) is 12.6 Å². The van der Waals surface area contributed by atoms with Crippen LogP contribution in [0.4, 0.5) is 10.6 Å². The maximum Gasteiger partial charge on any atom is 0.323 e. The Morgan fingerprint density at radius 2 is 1.75 bits per heavy atom. The van der Waals surface area contributed by atoms with Gasteiger partial charge in [-0.15, -0.1) is 0 Å². The summed E-state index contributed by atoms with van der Waals surface area (Å²) < 4.78 is 0. The Hall–Kier alpha value is -1.82. The molecule has 3 rings (SSSR count). The van der Waals surface area contributed by atoms with Crippen molar-refractivity contribution in [1.29, 1.82) is 0 Å². The number of amides is 3. The van der Waals surface area contributed by atoms with E-state index >= 15 is 0 Å². The van der Waals surface area contributed by atoms with Gasteiger partial charge in [-0.05, 0) is 44.2 Å². The Morgan fingerprint density at radius 1 is 1.04 bits per heavy atom. The van der Waals surface area contributed by atoms with Crippen LogP contribution in [-0.4, -0.2) is 52.9 Å². The second-order valence-corrected chi connectivity index (χ2v) is 6.88. The van der Waals surface area contributed by atoms with Crippen LogP contribution < -0.4 is 5.32 Å². The molecule has 2 aliphatic heterocycles. The number of halogens is 1. The smallest absolute Gasteiger partial charge is 0.323 e. The number of likely N-dealkylation sites (tertiary alicyclic amines) is 2. The Kier molecular flexibility index (Phi) is 5.56. The van der Waals surface area contributed by atoms with E-state index in [4.69, 9.17) is 11.6 Å². The van der Waals surface area contributed by atoms with E-state index in [9.17, 15) is 9.59 Å². The summed E-state index contributed by atoms with van der Waals surface area (Å²) in [5.74, 6) is 0.811. The molecule has 3 heterocycles. The summed E-state index contributed by atoms with van der Waals surface area (Å²) in [6.45, 7) is 2.98. The summed E-state index contributed by atoms with van der Waals surface area (Å²) in [7, 11) is 0. The molecular formula is C17H23ClN4O2. The number of anilines is 1. The lowest BCUT2D eigenvalue weighted by atomic mass is 9.94. The minimum atomic E-state index is -0.173. The fourth-order valence-electron chi connectivity index (χ4n) is 3.34. The van der Waals surface area contributed by atoms with Gasteiger partial charge in [0.1, 0.15) is 5.82 Å². The molecule has 1 aromatic heterocycles. The van der Waals surface area contributed by atoms with Crippen LogP contribution in [0, 0.1) is 5.92 Å². The Morgan fingerprint density at radius 3 is 2.38 bits per heavy atom. The van der Waals surface area contributed by atoms with Gasteiger partial charge in [-0.2, -0.15) is 0 Å². The van der Waals surface area contributed by atoms with Gasteiger partial charge in [-0.3, -0.25) is 10.1 Å². The largest absolute Gasteiger partial charge is 0.342 e. The van der Waals surface area contributed by atoms with Crippen molar-refractivity contribution >= 4 is 29.4 Å². The number of rotatable bonds is 2. The van der Waals surface area contributed by atoms with Gasteiger partial charge < -0.3 is 9.80 Å². The predicted octanol–water partition coefficient (Wildman–Crippen LogP) is 2.99. The van der Waals surface area contributed by atoms with Crippen LogP contribution in [0.2, 0.25) is 5.02 Å². The first-order valence-corrected chi connectivity index (χ1v) is 8.97. The minimum absolute atomic E-state index is 0.0563. The number of piperidine rings is 2. The van der Waals surface area contributed by atoms with Crippen molar-refractivity contribution in [2.24, 2.45) is 5.92 Å². The first-order chi connectivity index (χ1) is 11.6. The number of hydrogen-bond acceptors (Lipinski definition) is 3. The Labute approximate surface area is 147 Å². The number of urea groups is 1. The molecule has 0 spiro atoms. The highest BCUT2D eigenvalue weighted by atomic mass is 35.5. The molecule has 1 aromatic rings. The van der Waals surface area contributed by atoms with Crippen LogP contribution >= 0.6 is 11.6 Å². The van der Waals surface area contributed by atoms with Crippen LogP contribution in [0.5, 0.6) is 0 Å². The highest BCUT2D eigenvalue weighted by Crippen LogP contribution is 2.22. The lowest BCUT2D eigenvalue weighted by molar-refractivity contribution is -0.137. The molecule has 6 nitrogen and oxygen atoms in total. The minimum Gasteiger partial charge on any atom is -0.342 e. The van der Waals surface area contributed by atoms with Crippen molar-refractivity contribution in [3.8, 4) is 0 Å². The molecule has 7 heteroatoms. The predicted molar refractivity (Wildman–Crippen MR) is 93.0 cm³/mol. The van der Waals surface area contributed by atoms with Crippen LogP contribution in [-0.2, 0) is 4.79 Å². The van der Waals surface area contributed by atoms with Crippen molar-refractivity contribution in [3.63, 3.8) is 0 Å². The van der Waals surface area contributed by atoms with Crippen LogP contribution in [0.15, 0.2) is 18.3 Å². The third kappa shape index (κ3) is 4.17. The van der Waals surface area contributed by atoms with Crippen molar-refractivity contribution in [3.05, 3.63) is 23.4 Å². The second kappa shape index (κ2) is 7.83. The zero-order valence-electron chi connectivity index (χ0n) is 13.7. The van der Waals surface area contributed by atoms with E-state index in [-0.39, 0.29) is 17.9 Å². The lowest BCUT2D eigenvalue weighted by Crippen LogP contribution is -2.46. The fourth-order valence-corrected chi connectivity index (χ4v) is 3.45. The summed E-state index contributed by atoms with van der Waals surface area (Å²) >= 11 is 5.79. The molecule has 24 heavy (non-hydrogen) atoms. The third-order valence-electron chi connectivity index (χ3n) is 4.76. The molecule has 0 saturated carbocycles. The fraction of sp³-hybridized carbons (Fsp3) is 0.588. The van der Waals surface area contributed by atoms with Crippen LogP contribution in [0.25, 0.3) is 0 Å². The number of carbonyl (C=O) groups is 2. The molecular weight excluding hydrogens is 328 g/mol. The Bertz CT molecular complexity index is 579. The first kappa shape index (κ1) is 17.0. The van der Waals surface area contributed by atoms with Gasteiger partial charge in [0.25, 0.3) is 0 Å². The van der Waals surface area contributed by atoms with Gasteiger partial charge in [0, 0.05) is 38.3 Å². The van der Waals surface area contributed by atoms with E-state index in [2.05, 4.69) is 10.3 Å². The zero-order valence-corrected chi connectivity index (χ0v) is 14.5. The van der Waals surface area contributed by atoms with Gasteiger partial charge in [0.2, 0.25) is 5.91 Å². The maximum absolute atomic E-state index is 12.5. The molecule has 130 valence electrons. The monoisotopic (exact) mass is 350 g/mol. The molecule has 0 bridgehead atoms. The second-order valence-electron chi connectivity index (χ2n) is 6.44. The summed E-state index contributed by atoms with van der Waals surface area (Å²) in [6.07, 6.45) is 6.41. The maximum atomic E-state index is 12.5. The molecule has 2 saturated heterocycles. The van der Waals surface area contributed by atoms with Gasteiger partial charge in [0.15, 0.2) is 0 Å². The lowest BCUT2D eigenvalue weighted by Gasteiger charge is -2.35. The van der Waals surface area contributed by atoms with E-state index in [0.29, 0.717) is 23.9 Å². The molecule has 0 aromatic carbocycles. The number of carbonyl (C=O) groups excluding carboxylic acids is 2. The topological polar surface area (TPSA) is 65.5 Å². The normalized spacial score (nSPS) is 19.2. The highest BCUT2D eigenvalue weighted by molar-refractivity contribution is 6.30. The number of nitrogens with zero attached hydrogens (tertiary/aromatic N) is 3. The summed E-state index contributed by atoms with van der Waals surface area (Å²) in [4.78, 5) is 32.6. The molecule has 0 atom stereocenters.